The van der Waals surface area contributed by atoms with Crippen LogP contribution >= 0.6 is 0 Å². The van der Waals surface area contributed by atoms with Crippen LogP contribution in [-0.4, -0.2) is 64.5 Å². The van der Waals surface area contributed by atoms with Crippen molar-refractivity contribution in [3.05, 3.63) is 132 Å². The van der Waals surface area contributed by atoms with Gasteiger partial charge in [0.2, 0.25) is 0 Å². The van der Waals surface area contributed by atoms with E-state index in [1.807, 2.05) is 121 Å². The lowest BCUT2D eigenvalue weighted by Gasteiger charge is -2.22. The largest absolute Gasteiger partial charge is 0.494 e. The molecule has 5 aromatic carbocycles. The highest BCUT2D eigenvalue weighted by atomic mass is 16.6. The predicted octanol–water partition coefficient (Wildman–Crippen LogP) is 9.47. The first kappa shape index (κ1) is 36.9. The third-order valence-electron chi connectivity index (χ3n) is 10.0. The third-order valence-corrected chi connectivity index (χ3v) is 10.0. The first-order chi connectivity index (χ1) is 26.4. The Kier molecular flexibility index (Phi) is 12.0. The number of amides is 2. The molecule has 0 N–H and O–H groups in total. The van der Waals surface area contributed by atoms with E-state index in [9.17, 15) is 9.59 Å². The minimum atomic E-state index is -0.140. The van der Waals surface area contributed by atoms with Crippen molar-refractivity contribution in [2.75, 3.05) is 50.3 Å². The van der Waals surface area contributed by atoms with Crippen molar-refractivity contribution in [3.8, 4) is 33.8 Å². The molecule has 2 amide bonds. The van der Waals surface area contributed by atoms with Gasteiger partial charge in [-0.1, -0.05) is 54.6 Å². The van der Waals surface area contributed by atoms with Gasteiger partial charge in [0.1, 0.15) is 11.5 Å². The lowest BCUT2D eigenvalue weighted by Crippen LogP contribution is -2.28. The fraction of sp³-hybridized carbons (Fsp3) is 0.304. The Morgan fingerprint density at radius 3 is 1.24 bits per heavy atom. The minimum absolute atomic E-state index is 0.140. The van der Waals surface area contributed by atoms with Crippen molar-refractivity contribution in [2.45, 2.75) is 50.7 Å². The monoisotopic (exact) mass is 724 g/mol. The van der Waals surface area contributed by atoms with Crippen LogP contribution in [0.1, 0.15) is 59.2 Å². The van der Waals surface area contributed by atoms with Crippen LogP contribution in [0.25, 0.3) is 22.3 Å². The fourth-order valence-electron chi connectivity index (χ4n) is 6.43. The summed E-state index contributed by atoms with van der Waals surface area (Å²) in [5.41, 5.74) is 6.67. The lowest BCUT2D eigenvalue weighted by molar-refractivity contribution is 0.0986. The highest BCUT2D eigenvalue weighted by Crippen LogP contribution is 2.28. The number of carbonyl (C=O) groups excluding carboxylic acids is 2. The van der Waals surface area contributed by atoms with Gasteiger partial charge in [-0.05, 0) is 128 Å². The van der Waals surface area contributed by atoms with Crippen LogP contribution in [0, 0.1) is 0 Å². The van der Waals surface area contributed by atoms with E-state index in [0.717, 1.165) is 85.5 Å². The summed E-state index contributed by atoms with van der Waals surface area (Å²) in [6.07, 6.45) is 7.45. The van der Waals surface area contributed by atoms with Crippen LogP contribution in [0.4, 0.5) is 11.4 Å². The van der Waals surface area contributed by atoms with Gasteiger partial charge in [0, 0.05) is 36.6 Å². The molecule has 0 bridgehead atoms. The zero-order valence-corrected chi connectivity index (χ0v) is 31.1. The Morgan fingerprint density at radius 2 is 0.889 bits per heavy atom. The van der Waals surface area contributed by atoms with Gasteiger partial charge in [0.05, 0.1) is 38.6 Å². The number of nitrogens with zero attached hydrogens (tertiary/aromatic N) is 2. The summed E-state index contributed by atoms with van der Waals surface area (Å²) in [7, 11) is 3.50. The predicted molar refractivity (Wildman–Crippen MR) is 214 cm³/mol. The molecule has 5 aromatic rings. The second-order valence-electron chi connectivity index (χ2n) is 14.1. The van der Waals surface area contributed by atoms with Crippen LogP contribution < -0.4 is 19.3 Å². The number of unbranched alkanes of at least 4 members (excludes halogenated alkanes) is 2. The van der Waals surface area contributed by atoms with E-state index >= 15 is 0 Å². The van der Waals surface area contributed by atoms with E-state index in [0.29, 0.717) is 47.9 Å². The molecule has 0 radical (unpaired) electrons. The van der Waals surface area contributed by atoms with E-state index in [1.54, 1.807) is 23.9 Å². The van der Waals surface area contributed by atoms with Crippen molar-refractivity contribution in [1.29, 1.82) is 0 Å². The van der Waals surface area contributed by atoms with Gasteiger partial charge in [-0.25, -0.2) is 0 Å². The molecular formula is C46H48N2O6. The Hall–Kier alpha value is -5.44. The number of hydrogen-bond acceptors (Lipinski definition) is 6. The van der Waals surface area contributed by atoms with E-state index in [-0.39, 0.29) is 11.8 Å². The van der Waals surface area contributed by atoms with Gasteiger partial charge in [0.15, 0.2) is 0 Å². The van der Waals surface area contributed by atoms with Crippen LogP contribution in [0.15, 0.2) is 121 Å². The molecule has 8 nitrogen and oxygen atoms in total. The summed E-state index contributed by atoms with van der Waals surface area (Å²) >= 11 is 0. The molecule has 0 aromatic heterocycles. The lowest BCUT2D eigenvalue weighted by atomic mass is 10.0. The number of anilines is 2. The Bertz CT molecular complexity index is 1840. The number of rotatable bonds is 18. The first-order valence-electron chi connectivity index (χ1n) is 19.0. The molecule has 8 heteroatoms. The van der Waals surface area contributed by atoms with Gasteiger partial charge in [-0.2, -0.15) is 0 Å². The molecule has 0 spiro atoms. The van der Waals surface area contributed by atoms with Crippen molar-refractivity contribution >= 4 is 23.2 Å². The average Bonchev–Trinajstić information content (AvgIpc) is 4.18. The number of hydrogen-bond donors (Lipinski definition) is 0. The molecule has 0 aliphatic carbocycles. The molecule has 2 saturated heterocycles. The van der Waals surface area contributed by atoms with Crippen molar-refractivity contribution < 1.29 is 28.5 Å². The van der Waals surface area contributed by atoms with E-state index in [2.05, 4.69) is 0 Å². The van der Waals surface area contributed by atoms with Crippen LogP contribution in [0.2, 0.25) is 0 Å². The molecular weight excluding hydrogens is 677 g/mol. The average molecular weight is 725 g/mol. The molecule has 54 heavy (non-hydrogen) atoms. The Balaban J connectivity index is 0.907. The second kappa shape index (κ2) is 17.6. The molecule has 2 atom stereocenters. The molecule has 2 heterocycles. The summed E-state index contributed by atoms with van der Waals surface area (Å²) in [6.45, 7) is 3.22. The second-order valence-corrected chi connectivity index (χ2v) is 14.1. The fourth-order valence-corrected chi connectivity index (χ4v) is 6.43. The maximum Gasteiger partial charge on any atom is 0.258 e. The van der Waals surface area contributed by atoms with Gasteiger partial charge in [0.25, 0.3) is 11.8 Å². The number of benzene rings is 5. The summed E-state index contributed by atoms with van der Waals surface area (Å²) in [5, 5.41) is 0. The molecule has 0 saturated carbocycles. The van der Waals surface area contributed by atoms with E-state index in [1.165, 1.54) is 0 Å². The van der Waals surface area contributed by atoms with Crippen molar-refractivity contribution in [1.82, 2.24) is 0 Å². The normalized spacial score (nSPS) is 15.7. The molecule has 2 fully saturated rings. The van der Waals surface area contributed by atoms with Gasteiger partial charge < -0.3 is 28.7 Å². The standard InChI is InChI=1S/C46H48N2O6/c1-47(45(49)37-16-12-33(13-17-37)35-20-24-41(25-21-35)51-28-5-3-10-43-31-53-43)39-8-7-9-40(30-39)48(2)46(50)38-18-14-34(15-19-38)36-22-26-42(27-23-36)52-29-6-4-11-44-32-54-44/h7-9,12-27,30,43-44H,3-6,10-11,28-29,31-32H2,1-2H3. The van der Waals surface area contributed by atoms with Gasteiger partial charge in [-0.15, -0.1) is 0 Å². The SMILES string of the molecule is CN(C(=O)c1ccc(-c2ccc(OCCCCC3CO3)cc2)cc1)c1cccc(N(C)C(=O)c2ccc(-c3ccc(OCCCCC4CO4)cc3)cc2)c1. The highest BCUT2D eigenvalue weighted by Gasteiger charge is 2.22. The Morgan fingerprint density at radius 1 is 0.537 bits per heavy atom. The number of epoxide rings is 2. The smallest absolute Gasteiger partial charge is 0.258 e. The summed E-state index contributed by atoms with van der Waals surface area (Å²) in [4.78, 5) is 30.3. The molecule has 2 aliphatic heterocycles. The molecule has 2 aliphatic rings. The van der Waals surface area contributed by atoms with Crippen molar-refractivity contribution in [2.24, 2.45) is 0 Å². The van der Waals surface area contributed by atoms with Crippen molar-refractivity contribution in [3.63, 3.8) is 0 Å². The van der Waals surface area contributed by atoms with E-state index < -0.39 is 0 Å². The van der Waals surface area contributed by atoms with Gasteiger partial charge in [-0.3, -0.25) is 9.59 Å². The van der Waals surface area contributed by atoms with Crippen LogP contribution in [-0.2, 0) is 9.47 Å². The zero-order valence-electron chi connectivity index (χ0n) is 31.1. The number of ether oxygens (including phenoxy) is 4. The topological polar surface area (TPSA) is 84.1 Å². The third kappa shape index (κ3) is 9.95. The Labute approximate surface area is 318 Å². The van der Waals surface area contributed by atoms with Crippen LogP contribution in [0.3, 0.4) is 0 Å². The summed E-state index contributed by atoms with van der Waals surface area (Å²) in [6, 6.07) is 38.8. The summed E-state index contributed by atoms with van der Waals surface area (Å²) in [5.74, 6) is 1.43. The number of carbonyl (C=O) groups is 2. The van der Waals surface area contributed by atoms with Gasteiger partial charge >= 0.3 is 0 Å². The van der Waals surface area contributed by atoms with Crippen LogP contribution in [0.5, 0.6) is 11.5 Å². The molecule has 278 valence electrons. The molecule has 2 unspecified atom stereocenters. The quantitative estimate of drug-likeness (QED) is 0.0662. The maximum absolute atomic E-state index is 13.5. The molecule has 7 rings (SSSR count). The highest BCUT2D eigenvalue weighted by molar-refractivity contribution is 6.08. The summed E-state index contributed by atoms with van der Waals surface area (Å²) < 4.78 is 22.3. The maximum atomic E-state index is 13.5. The minimum Gasteiger partial charge on any atom is -0.494 e. The zero-order chi connectivity index (χ0) is 37.3. The van der Waals surface area contributed by atoms with E-state index in [4.69, 9.17) is 18.9 Å². The first-order valence-corrected chi connectivity index (χ1v) is 19.0.